The van der Waals surface area contributed by atoms with Crippen LogP contribution in [-0.4, -0.2) is 9.55 Å². The Bertz CT molecular complexity index is 826. The fraction of sp³-hybridized carbons (Fsp3) is 0.188. The van der Waals surface area contributed by atoms with Crippen molar-refractivity contribution in [3.63, 3.8) is 0 Å². The Balaban J connectivity index is 2.22. The molecule has 0 saturated heterocycles. The van der Waals surface area contributed by atoms with Gasteiger partial charge in [-0.3, -0.25) is 0 Å². The molecule has 21 heavy (non-hydrogen) atoms. The minimum atomic E-state index is -0.470. The second-order valence-corrected chi connectivity index (χ2v) is 5.53. The lowest BCUT2D eigenvalue weighted by Crippen LogP contribution is -2.11. The van der Waals surface area contributed by atoms with Gasteiger partial charge in [0.15, 0.2) is 0 Å². The number of hydrogen-bond acceptors (Lipinski definition) is 2. The largest absolute Gasteiger partial charge is 0.369 e. The molecule has 0 fully saturated rings. The number of nitrogen functional groups attached to an aromatic ring is 1. The molecular formula is C16H15ClFN3. The van der Waals surface area contributed by atoms with Crippen LogP contribution in [0.3, 0.4) is 0 Å². The molecule has 1 aromatic heterocycles. The van der Waals surface area contributed by atoms with Gasteiger partial charge in [0.2, 0.25) is 5.95 Å². The fourth-order valence-corrected chi connectivity index (χ4v) is 2.87. The van der Waals surface area contributed by atoms with Gasteiger partial charge < -0.3 is 10.3 Å². The molecule has 5 heteroatoms. The molecule has 2 N–H and O–H groups in total. The van der Waals surface area contributed by atoms with Crippen LogP contribution in [0, 0.1) is 12.7 Å². The maximum atomic E-state index is 13.8. The molecule has 2 aromatic carbocycles. The van der Waals surface area contributed by atoms with Crippen molar-refractivity contribution in [1.29, 1.82) is 0 Å². The first-order chi connectivity index (χ1) is 9.99. The number of anilines is 1. The number of hydrogen-bond donors (Lipinski definition) is 1. The monoisotopic (exact) mass is 303 g/mol. The highest BCUT2D eigenvalue weighted by atomic mass is 35.5. The molecule has 0 saturated carbocycles. The topological polar surface area (TPSA) is 43.8 Å². The van der Waals surface area contributed by atoms with E-state index in [2.05, 4.69) is 4.98 Å². The Morgan fingerprint density at radius 2 is 2.00 bits per heavy atom. The van der Waals surface area contributed by atoms with Crippen molar-refractivity contribution in [2.75, 3.05) is 5.73 Å². The highest BCUT2D eigenvalue weighted by Gasteiger charge is 2.18. The number of aryl methyl sites for hydroxylation is 1. The van der Waals surface area contributed by atoms with Crippen molar-refractivity contribution in [2.45, 2.75) is 19.9 Å². The van der Waals surface area contributed by atoms with Crippen LogP contribution in [-0.2, 0) is 0 Å². The van der Waals surface area contributed by atoms with Gasteiger partial charge in [-0.15, -0.1) is 0 Å². The lowest BCUT2D eigenvalue weighted by molar-refractivity contribution is 0.625. The van der Waals surface area contributed by atoms with E-state index < -0.39 is 5.82 Å². The highest BCUT2D eigenvalue weighted by molar-refractivity contribution is 6.31. The molecule has 0 aliphatic heterocycles. The quantitative estimate of drug-likeness (QED) is 0.766. The number of halogens is 2. The van der Waals surface area contributed by atoms with E-state index in [1.807, 2.05) is 42.7 Å². The van der Waals surface area contributed by atoms with Gasteiger partial charge in [-0.05, 0) is 31.0 Å². The van der Waals surface area contributed by atoms with Crippen LogP contribution in [0.1, 0.15) is 24.1 Å². The van der Waals surface area contributed by atoms with Gasteiger partial charge >= 0.3 is 0 Å². The molecule has 1 heterocycles. The maximum Gasteiger partial charge on any atom is 0.201 e. The van der Waals surface area contributed by atoms with E-state index in [-0.39, 0.29) is 11.1 Å². The summed E-state index contributed by atoms with van der Waals surface area (Å²) in [5, 5.41) is 0.0516. The van der Waals surface area contributed by atoms with Gasteiger partial charge in [-0.1, -0.05) is 35.9 Å². The van der Waals surface area contributed by atoms with Crippen LogP contribution >= 0.6 is 11.6 Å². The van der Waals surface area contributed by atoms with Gasteiger partial charge in [0.1, 0.15) is 5.82 Å². The van der Waals surface area contributed by atoms with Gasteiger partial charge in [0.05, 0.1) is 22.1 Å². The summed E-state index contributed by atoms with van der Waals surface area (Å²) in [6, 6.07) is 10.9. The molecular weight excluding hydrogens is 289 g/mol. The lowest BCUT2D eigenvalue weighted by atomic mass is 10.0. The molecule has 0 bridgehead atoms. The molecule has 0 radical (unpaired) electrons. The SMILES string of the molecule is Cc1ccccc1C(C)n1c(N)nc2cc(Cl)c(F)cc21. The normalized spacial score (nSPS) is 12.8. The van der Waals surface area contributed by atoms with Gasteiger partial charge in [0, 0.05) is 6.07 Å². The first kappa shape index (κ1) is 13.9. The third-order valence-electron chi connectivity index (χ3n) is 3.78. The fourth-order valence-electron chi connectivity index (χ4n) is 2.71. The first-order valence-corrected chi connectivity index (χ1v) is 7.05. The van der Waals surface area contributed by atoms with Crippen LogP contribution in [0.2, 0.25) is 5.02 Å². The summed E-state index contributed by atoms with van der Waals surface area (Å²) in [5.41, 5.74) is 9.55. The third-order valence-corrected chi connectivity index (χ3v) is 4.07. The number of nitrogens with two attached hydrogens (primary N) is 1. The molecule has 3 nitrogen and oxygen atoms in total. The zero-order chi connectivity index (χ0) is 15.1. The number of nitrogens with zero attached hydrogens (tertiary/aromatic N) is 2. The van der Waals surface area contributed by atoms with Gasteiger partial charge in [0.25, 0.3) is 0 Å². The Kier molecular flexibility index (Phi) is 3.33. The van der Waals surface area contributed by atoms with Gasteiger partial charge in [-0.2, -0.15) is 0 Å². The minimum absolute atomic E-state index is 0.0447. The van der Waals surface area contributed by atoms with Crippen molar-refractivity contribution in [2.24, 2.45) is 0 Å². The van der Waals surface area contributed by atoms with E-state index >= 15 is 0 Å². The van der Waals surface area contributed by atoms with Crippen LogP contribution in [0.15, 0.2) is 36.4 Å². The van der Waals surface area contributed by atoms with Crippen molar-refractivity contribution in [3.8, 4) is 0 Å². The van der Waals surface area contributed by atoms with E-state index in [4.69, 9.17) is 17.3 Å². The Morgan fingerprint density at radius 1 is 1.29 bits per heavy atom. The standard InChI is InChI=1S/C16H15ClFN3/c1-9-5-3-4-6-11(9)10(2)21-15-8-13(18)12(17)7-14(15)20-16(21)19/h3-8,10H,1-2H3,(H2,19,20). The van der Waals surface area contributed by atoms with E-state index in [9.17, 15) is 4.39 Å². The summed E-state index contributed by atoms with van der Waals surface area (Å²) in [6.07, 6.45) is 0. The number of aromatic nitrogens is 2. The van der Waals surface area contributed by atoms with E-state index in [1.165, 1.54) is 12.1 Å². The number of fused-ring (bicyclic) bond motifs is 1. The number of rotatable bonds is 2. The molecule has 1 unspecified atom stereocenters. The summed E-state index contributed by atoms with van der Waals surface area (Å²) in [7, 11) is 0. The third kappa shape index (κ3) is 2.25. The number of imidazole rings is 1. The maximum absolute atomic E-state index is 13.8. The van der Waals surface area contributed by atoms with Crippen LogP contribution in [0.25, 0.3) is 11.0 Å². The zero-order valence-corrected chi connectivity index (χ0v) is 12.5. The zero-order valence-electron chi connectivity index (χ0n) is 11.8. The molecule has 0 spiro atoms. The summed E-state index contributed by atoms with van der Waals surface area (Å²) in [4.78, 5) is 4.28. The van der Waals surface area contributed by atoms with Crippen molar-refractivity contribution in [1.82, 2.24) is 9.55 Å². The summed E-state index contributed by atoms with van der Waals surface area (Å²) in [6.45, 7) is 4.06. The first-order valence-electron chi connectivity index (χ1n) is 6.67. The van der Waals surface area contributed by atoms with E-state index in [0.29, 0.717) is 17.0 Å². The molecule has 0 aliphatic carbocycles. The molecule has 3 rings (SSSR count). The summed E-state index contributed by atoms with van der Waals surface area (Å²) < 4.78 is 15.6. The van der Waals surface area contributed by atoms with E-state index in [1.54, 1.807) is 0 Å². The Hall–Kier alpha value is -2.07. The van der Waals surface area contributed by atoms with Gasteiger partial charge in [-0.25, -0.2) is 9.37 Å². The van der Waals surface area contributed by atoms with Crippen LogP contribution in [0.5, 0.6) is 0 Å². The van der Waals surface area contributed by atoms with Crippen LogP contribution < -0.4 is 5.73 Å². The highest BCUT2D eigenvalue weighted by Crippen LogP contribution is 2.31. The molecule has 0 aliphatic rings. The summed E-state index contributed by atoms with van der Waals surface area (Å²) in [5.74, 6) is -0.121. The average molecular weight is 304 g/mol. The average Bonchev–Trinajstić information content (AvgIpc) is 2.74. The smallest absolute Gasteiger partial charge is 0.201 e. The Morgan fingerprint density at radius 3 is 2.71 bits per heavy atom. The van der Waals surface area contributed by atoms with Crippen molar-refractivity contribution in [3.05, 3.63) is 58.4 Å². The van der Waals surface area contributed by atoms with Crippen LogP contribution in [0.4, 0.5) is 10.3 Å². The number of benzene rings is 2. The predicted octanol–water partition coefficient (Wildman–Crippen LogP) is 4.33. The molecule has 1 atom stereocenters. The predicted molar refractivity (Wildman–Crippen MR) is 84.1 cm³/mol. The van der Waals surface area contributed by atoms with Crippen molar-refractivity contribution >= 4 is 28.6 Å². The van der Waals surface area contributed by atoms with E-state index in [0.717, 1.165) is 11.1 Å². The second-order valence-electron chi connectivity index (χ2n) is 5.13. The minimum Gasteiger partial charge on any atom is -0.369 e. The molecule has 108 valence electrons. The Labute approximate surface area is 127 Å². The van der Waals surface area contributed by atoms with Crippen molar-refractivity contribution < 1.29 is 4.39 Å². The molecule has 0 amide bonds. The molecule has 3 aromatic rings. The lowest BCUT2D eigenvalue weighted by Gasteiger charge is -2.18. The second kappa shape index (κ2) is 5.04. The summed E-state index contributed by atoms with van der Waals surface area (Å²) >= 11 is 5.81.